The number of hydrogen-bond donors (Lipinski definition) is 0. The van der Waals surface area contributed by atoms with E-state index in [1.54, 1.807) is 19.3 Å². The summed E-state index contributed by atoms with van der Waals surface area (Å²) in [5.41, 5.74) is 2.31. The third kappa shape index (κ3) is 3.13. The van der Waals surface area contributed by atoms with Crippen molar-refractivity contribution >= 4 is 17.9 Å². The lowest BCUT2D eigenvalue weighted by Crippen LogP contribution is -2.05. The molecule has 23 heavy (non-hydrogen) atoms. The highest BCUT2D eigenvalue weighted by atomic mass is 19.1. The molecule has 116 valence electrons. The van der Waals surface area contributed by atoms with E-state index in [0.717, 1.165) is 11.1 Å². The van der Waals surface area contributed by atoms with E-state index < -0.39 is 11.8 Å². The summed E-state index contributed by atoms with van der Waals surface area (Å²) in [7, 11) is 1.56. The topological polar surface area (TPSA) is 47.9 Å². The average molecular weight is 311 g/mol. The number of aryl methyl sites for hydroxylation is 1. The molecule has 1 aliphatic rings. The lowest BCUT2D eigenvalue weighted by Gasteiger charge is -2.05. The van der Waals surface area contributed by atoms with Crippen LogP contribution in [0.25, 0.3) is 6.08 Å². The maximum Gasteiger partial charge on any atom is 0.363 e. The third-order valence-electron chi connectivity index (χ3n) is 3.37. The van der Waals surface area contributed by atoms with Crippen molar-refractivity contribution in [1.29, 1.82) is 0 Å². The maximum absolute atomic E-state index is 13.3. The number of esters is 1. The fourth-order valence-electron chi connectivity index (χ4n) is 2.27. The molecule has 0 spiro atoms. The normalized spacial score (nSPS) is 15.5. The highest BCUT2D eigenvalue weighted by molar-refractivity contribution is 6.12. The standard InChI is InChI=1S/C18H14FNO3/c1-11-6-7-16(22-2)13(8-11)10-15-18(21)23-17(20-15)12-4-3-5-14(19)9-12/h3-10H,1-2H3/b15-10+. The predicted molar refractivity (Wildman–Crippen MR) is 84.7 cm³/mol. The fourth-order valence-corrected chi connectivity index (χ4v) is 2.27. The summed E-state index contributed by atoms with van der Waals surface area (Å²) in [6.07, 6.45) is 1.60. The van der Waals surface area contributed by atoms with Crippen LogP contribution in [0.15, 0.2) is 53.2 Å². The van der Waals surface area contributed by atoms with Gasteiger partial charge < -0.3 is 9.47 Å². The molecule has 0 fully saturated rings. The molecule has 4 nitrogen and oxygen atoms in total. The number of nitrogens with zero attached hydrogens (tertiary/aromatic N) is 1. The van der Waals surface area contributed by atoms with Crippen LogP contribution in [0.2, 0.25) is 0 Å². The van der Waals surface area contributed by atoms with Gasteiger partial charge in [-0.1, -0.05) is 17.7 Å². The number of cyclic esters (lactones) is 1. The molecule has 0 amide bonds. The molecule has 0 N–H and O–H groups in total. The summed E-state index contributed by atoms with van der Waals surface area (Å²) in [6.45, 7) is 1.94. The maximum atomic E-state index is 13.3. The van der Waals surface area contributed by atoms with Gasteiger partial charge in [-0.2, -0.15) is 0 Å². The van der Waals surface area contributed by atoms with E-state index in [1.165, 1.54) is 18.2 Å². The lowest BCUT2D eigenvalue weighted by molar-refractivity contribution is -0.129. The Kier molecular flexibility index (Phi) is 3.93. The first-order chi connectivity index (χ1) is 11.1. The zero-order valence-electron chi connectivity index (χ0n) is 12.7. The Balaban J connectivity index is 2.00. The second-order valence-corrected chi connectivity index (χ2v) is 5.09. The van der Waals surface area contributed by atoms with Gasteiger partial charge in [0.15, 0.2) is 5.70 Å². The zero-order valence-corrected chi connectivity index (χ0v) is 12.7. The monoisotopic (exact) mass is 311 g/mol. The van der Waals surface area contributed by atoms with Crippen LogP contribution in [0.1, 0.15) is 16.7 Å². The molecular formula is C18H14FNO3. The molecule has 0 unspecified atom stereocenters. The summed E-state index contributed by atoms with van der Waals surface area (Å²) in [6, 6.07) is 11.4. The number of ether oxygens (including phenoxy) is 2. The molecule has 2 aromatic carbocycles. The Hall–Kier alpha value is -2.95. The van der Waals surface area contributed by atoms with Crippen molar-refractivity contribution in [2.75, 3.05) is 7.11 Å². The molecule has 1 aliphatic heterocycles. The summed E-state index contributed by atoms with van der Waals surface area (Å²) in [5.74, 6) is -0.274. The van der Waals surface area contributed by atoms with Crippen molar-refractivity contribution in [3.63, 3.8) is 0 Å². The number of carbonyl (C=O) groups excluding carboxylic acids is 1. The van der Waals surface area contributed by atoms with Crippen LogP contribution in [0.3, 0.4) is 0 Å². The Morgan fingerprint density at radius 2 is 2.04 bits per heavy atom. The van der Waals surface area contributed by atoms with E-state index >= 15 is 0 Å². The Morgan fingerprint density at radius 3 is 2.78 bits per heavy atom. The molecule has 0 radical (unpaired) electrons. The summed E-state index contributed by atoms with van der Waals surface area (Å²) < 4.78 is 23.7. The molecule has 0 atom stereocenters. The zero-order chi connectivity index (χ0) is 16.4. The summed E-state index contributed by atoms with van der Waals surface area (Å²) in [4.78, 5) is 16.2. The average Bonchev–Trinajstić information content (AvgIpc) is 2.89. The minimum absolute atomic E-state index is 0.0902. The first-order valence-electron chi connectivity index (χ1n) is 7.00. The van der Waals surface area contributed by atoms with Gasteiger partial charge in [0.2, 0.25) is 5.90 Å². The Bertz CT molecular complexity index is 840. The molecule has 0 bridgehead atoms. The second-order valence-electron chi connectivity index (χ2n) is 5.09. The number of benzene rings is 2. The van der Waals surface area contributed by atoms with Gasteiger partial charge in [0.05, 0.1) is 7.11 Å². The lowest BCUT2D eigenvalue weighted by atomic mass is 10.1. The van der Waals surface area contributed by atoms with E-state index in [2.05, 4.69) is 4.99 Å². The van der Waals surface area contributed by atoms with Gasteiger partial charge >= 0.3 is 5.97 Å². The predicted octanol–water partition coefficient (Wildman–Crippen LogP) is 3.49. The van der Waals surface area contributed by atoms with Crippen LogP contribution in [-0.2, 0) is 9.53 Å². The van der Waals surface area contributed by atoms with Gasteiger partial charge in [-0.05, 0) is 43.3 Å². The van der Waals surface area contributed by atoms with Crippen molar-refractivity contribution in [2.45, 2.75) is 6.92 Å². The van der Waals surface area contributed by atoms with Crippen LogP contribution in [0, 0.1) is 12.7 Å². The van der Waals surface area contributed by atoms with Crippen LogP contribution >= 0.6 is 0 Å². The van der Waals surface area contributed by atoms with Crippen molar-refractivity contribution in [3.8, 4) is 5.75 Å². The van der Waals surface area contributed by atoms with E-state index in [4.69, 9.17) is 9.47 Å². The molecule has 5 heteroatoms. The quantitative estimate of drug-likeness (QED) is 0.644. The second kappa shape index (κ2) is 6.04. The molecule has 0 aliphatic carbocycles. The van der Waals surface area contributed by atoms with Gasteiger partial charge in [0.1, 0.15) is 11.6 Å². The van der Waals surface area contributed by atoms with Crippen molar-refractivity contribution < 1.29 is 18.7 Å². The van der Waals surface area contributed by atoms with E-state index in [1.807, 2.05) is 25.1 Å². The van der Waals surface area contributed by atoms with Crippen LogP contribution in [0.4, 0.5) is 4.39 Å². The minimum atomic E-state index is -0.576. The number of hydrogen-bond acceptors (Lipinski definition) is 4. The van der Waals surface area contributed by atoms with Crippen molar-refractivity contribution in [3.05, 3.63) is 70.7 Å². The molecule has 1 heterocycles. The van der Waals surface area contributed by atoms with Crippen molar-refractivity contribution in [2.24, 2.45) is 4.99 Å². The number of halogens is 1. The number of methoxy groups -OCH3 is 1. The molecule has 0 aromatic heterocycles. The fraction of sp³-hybridized carbons (Fsp3) is 0.111. The third-order valence-corrected chi connectivity index (χ3v) is 3.37. The highest BCUT2D eigenvalue weighted by Gasteiger charge is 2.24. The minimum Gasteiger partial charge on any atom is -0.496 e. The van der Waals surface area contributed by atoms with E-state index in [-0.39, 0.29) is 11.6 Å². The number of rotatable bonds is 3. The van der Waals surface area contributed by atoms with Gasteiger partial charge in [-0.15, -0.1) is 0 Å². The van der Waals surface area contributed by atoms with Crippen LogP contribution in [0.5, 0.6) is 5.75 Å². The van der Waals surface area contributed by atoms with Gasteiger partial charge in [0.25, 0.3) is 0 Å². The van der Waals surface area contributed by atoms with Crippen LogP contribution < -0.4 is 4.74 Å². The molecule has 2 aromatic rings. The first-order valence-corrected chi connectivity index (χ1v) is 7.00. The molecular weight excluding hydrogens is 297 g/mol. The first kappa shape index (κ1) is 15.0. The van der Waals surface area contributed by atoms with Gasteiger partial charge in [0, 0.05) is 11.1 Å². The smallest absolute Gasteiger partial charge is 0.363 e. The summed E-state index contributed by atoms with van der Waals surface area (Å²) in [5, 5.41) is 0. The Morgan fingerprint density at radius 1 is 1.22 bits per heavy atom. The molecule has 3 rings (SSSR count). The molecule has 0 saturated carbocycles. The summed E-state index contributed by atoms with van der Waals surface area (Å²) >= 11 is 0. The molecule has 0 saturated heterocycles. The van der Waals surface area contributed by atoms with Gasteiger partial charge in [-0.25, -0.2) is 14.2 Å². The largest absolute Gasteiger partial charge is 0.496 e. The van der Waals surface area contributed by atoms with Crippen molar-refractivity contribution in [1.82, 2.24) is 0 Å². The SMILES string of the molecule is COc1ccc(C)cc1/C=C1/N=C(c2cccc(F)c2)OC1=O. The van der Waals surface area contributed by atoms with Gasteiger partial charge in [-0.3, -0.25) is 0 Å². The van der Waals surface area contributed by atoms with E-state index in [0.29, 0.717) is 11.3 Å². The number of aliphatic imine (C=N–C) groups is 1. The van der Waals surface area contributed by atoms with Crippen LogP contribution in [-0.4, -0.2) is 19.0 Å². The Labute approximate surface area is 132 Å². The van der Waals surface area contributed by atoms with E-state index in [9.17, 15) is 9.18 Å². The highest BCUT2D eigenvalue weighted by Crippen LogP contribution is 2.25. The number of carbonyl (C=O) groups is 1.